The Balaban J connectivity index is 2.08. The molecule has 1 aromatic carbocycles. The van der Waals surface area contributed by atoms with Crippen LogP contribution in [0.25, 0.3) is 0 Å². The van der Waals surface area contributed by atoms with E-state index in [1.807, 2.05) is 45.1 Å². The van der Waals surface area contributed by atoms with Crippen LogP contribution in [-0.2, 0) is 19.1 Å². The van der Waals surface area contributed by atoms with Crippen LogP contribution in [0.5, 0.6) is 0 Å². The molecule has 3 rings (SSSR count). The standard InChI is InChI=1S/C24H31ClN2O4/c1-6-17-19(23(29)30-5)21-18(31-17)9-7-8-14-27(21)20(22(28)26-24(2,3)4)15-10-12-16(25)13-11-15/h6-7,9-13,17-21H,1,8,14H2,2-5H3,(H,26,28)/t17-,18+,19+,20+,21+/m0/s1. The Hall–Kier alpha value is -2.15. The largest absolute Gasteiger partial charge is 0.469 e. The first kappa shape index (κ1) is 23.5. The Bertz CT molecular complexity index is 846. The number of esters is 1. The molecule has 2 heterocycles. The van der Waals surface area contributed by atoms with Gasteiger partial charge in [-0.2, -0.15) is 0 Å². The zero-order valence-electron chi connectivity index (χ0n) is 18.5. The Morgan fingerprint density at radius 3 is 2.58 bits per heavy atom. The number of fused-ring (bicyclic) bond motifs is 1. The second kappa shape index (κ2) is 9.55. The maximum Gasteiger partial charge on any atom is 0.313 e. The van der Waals surface area contributed by atoms with Crippen LogP contribution in [0.15, 0.2) is 49.1 Å². The third-order valence-electron chi connectivity index (χ3n) is 5.61. The van der Waals surface area contributed by atoms with Gasteiger partial charge in [0.1, 0.15) is 12.0 Å². The molecule has 0 unspecified atom stereocenters. The molecule has 0 bridgehead atoms. The van der Waals surface area contributed by atoms with Gasteiger partial charge in [0.15, 0.2) is 0 Å². The van der Waals surface area contributed by atoms with Gasteiger partial charge >= 0.3 is 5.97 Å². The summed E-state index contributed by atoms with van der Waals surface area (Å²) in [5.74, 6) is -1.10. The summed E-state index contributed by atoms with van der Waals surface area (Å²) in [7, 11) is 1.37. The van der Waals surface area contributed by atoms with Crippen molar-refractivity contribution in [2.75, 3.05) is 13.7 Å². The fraction of sp³-hybridized carbons (Fsp3) is 0.500. The summed E-state index contributed by atoms with van der Waals surface area (Å²) in [5, 5.41) is 3.70. The van der Waals surface area contributed by atoms with Gasteiger partial charge in [-0.3, -0.25) is 14.5 Å². The van der Waals surface area contributed by atoms with Gasteiger partial charge in [-0.15, -0.1) is 6.58 Å². The molecule has 7 heteroatoms. The minimum atomic E-state index is -0.622. The van der Waals surface area contributed by atoms with E-state index in [0.717, 1.165) is 12.0 Å². The molecule has 1 saturated heterocycles. The molecule has 0 aliphatic carbocycles. The summed E-state index contributed by atoms with van der Waals surface area (Å²) in [4.78, 5) is 28.4. The van der Waals surface area contributed by atoms with E-state index in [-0.39, 0.29) is 24.0 Å². The van der Waals surface area contributed by atoms with E-state index in [4.69, 9.17) is 21.1 Å². The molecule has 0 spiro atoms. The van der Waals surface area contributed by atoms with Crippen LogP contribution in [0, 0.1) is 5.92 Å². The zero-order valence-corrected chi connectivity index (χ0v) is 19.3. The van der Waals surface area contributed by atoms with Crippen molar-refractivity contribution in [1.82, 2.24) is 10.2 Å². The number of ether oxygens (including phenoxy) is 2. The lowest BCUT2D eigenvalue weighted by Crippen LogP contribution is -2.54. The summed E-state index contributed by atoms with van der Waals surface area (Å²) in [5.41, 5.74) is 0.389. The van der Waals surface area contributed by atoms with Gasteiger partial charge in [-0.05, 0) is 44.9 Å². The third-order valence-corrected chi connectivity index (χ3v) is 5.86. The molecule has 1 aromatic rings. The van der Waals surface area contributed by atoms with Gasteiger partial charge in [0.2, 0.25) is 5.91 Å². The second-order valence-corrected chi connectivity index (χ2v) is 9.42. The van der Waals surface area contributed by atoms with Gasteiger partial charge in [0, 0.05) is 17.1 Å². The van der Waals surface area contributed by atoms with E-state index in [0.29, 0.717) is 11.6 Å². The highest BCUT2D eigenvalue weighted by Gasteiger charge is 2.52. The Morgan fingerprint density at radius 2 is 2.00 bits per heavy atom. The van der Waals surface area contributed by atoms with Crippen LogP contribution in [0.1, 0.15) is 38.8 Å². The monoisotopic (exact) mass is 446 g/mol. The van der Waals surface area contributed by atoms with E-state index in [2.05, 4.69) is 16.8 Å². The second-order valence-electron chi connectivity index (χ2n) is 8.99. The molecular weight excluding hydrogens is 416 g/mol. The molecule has 1 amide bonds. The Kier molecular flexibility index (Phi) is 7.24. The number of hydrogen-bond donors (Lipinski definition) is 1. The van der Waals surface area contributed by atoms with Crippen molar-refractivity contribution >= 4 is 23.5 Å². The van der Waals surface area contributed by atoms with Crippen molar-refractivity contribution in [3.63, 3.8) is 0 Å². The molecule has 1 fully saturated rings. The van der Waals surface area contributed by atoms with Crippen molar-refractivity contribution in [3.8, 4) is 0 Å². The first-order valence-electron chi connectivity index (χ1n) is 10.5. The highest BCUT2D eigenvalue weighted by atomic mass is 35.5. The number of halogens is 1. The normalized spacial score (nSPS) is 27.1. The molecule has 0 radical (unpaired) electrons. The van der Waals surface area contributed by atoms with Gasteiger partial charge in [-0.25, -0.2) is 0 Å². The van der Waals surface area contributed by atoms with Crippen LogP contribution in [0.3, 0.4) is 0 Å². The minimum absolute atomic E-state index is 0.138. The first-order valence-corrected chi connectivity index (χ1v) is 10.9. The summed E-state index contributed by atoms with van der Waals surface area (Å²) in [6.07, 6.45) is 5.53. The number of amides is 1. The summed E-state index contributed by atoms with van der Waals surface area (Å²) >= 11 is 6.11. The molecule has 31 heavy (non-hydrogen) atoms. The molecule has 6 nitrogen and oxygen atoms in total. The van der Waals surface area contributed by atoms with Crippen molar-refractivity contribution in [2.24, 2.45) is 5.92 Å². The van der Waals surface area contributed by atoms with Gasteiger partial charge in [0.05, 0.1) is 25.4 Å². The molecule has 168 valence electrons. The predicted octanol–water partition coefficient (Wildman–Crippen LogP) is 3.67. The van der Waals surface area contributed by atoms with E-state index >= 15 is 0 Å². The van der Waals surface area contributed by atoms with Crippen LogP contribution in [0.2, 0.25) is 5.02 Å². The van der Waals surface area contributed by atoms with Gasteiger partial charge in [-0.1, -0.05) is 42.0 Å². The lowest BCUT2D eigenvalue weighted by atomic mass is 9.89. The van der Waals surface area contributed by atoms with Crippen molar-refractivity contribution < 1.29 is 19.1 Å². The summed E-state index contributed by atoms with van der Waals surface area (Å²) < 4.78 is 11.3. The molecular formula is C24H31ClN2O4. The number of nitrogens with zero attached hydrogens (tertiary/aromatic N) is 1. The van der Waals surface area contributed by atoms with Crippen LogP contribution >= 0.6 is 11.6 Å². The van der Waals surface area contributed by atoms with Crippen molar-refractivity contribution in [1.29, 1.82) is 0 Å². The number of hydrogen-bond acceptors (Lipinski definition) is 5. The third kappa shape index (κ3) is 5.20. The summed E-state index contributed by atoms with van der Waals surface area (Å²) in [6.45, 7) is 10.3. The van der Waals surface area contributed by atoms with E-state index in [1.165, 1.54) is 7.11 Å². The maximum atomic E-state index is 13.6. The van der Waals surface area contributed by atoms with Crippen LogP contribution < -0.4 is 5.32 Å². The quantitative estimate of drug-likeness (QED) is 0.552. The van der Waals surface area contributed by atoms with Crippen LogP contribution in [-0.4, -0.2) is 54.2 Å². The molecule has 2 aliphatic rings. The van der Waals surface area contributed by atoms with Gasteiger partial charge in [0.25, 0.3) is 0 Å². The van der Waals surface area contributed by atoms with E-state index < -0.39 is 23.6 Å². The molecule has 0 saturated carbocycles. The molecule has 1 N–H and O–H groups in total. The fourth-order valence-electron chi connectivity index (χ4n) is 4.39. The van der Waals surface area contributed by atoms with Crippen LogP contribution in [0.4, 0.5) is 0 Å². The average molecular weight is 447 g/mol. The number of rotatable bonds is 5. The van der Waals surface area contributed by atoms with E-state index in [9.17, 15) is 9.59 Å². The summed E-state index contributed by atoms with van der Waals surface area (Å²) in [6, 6.07) is 6.27. The Morgan fingerprint density at radius 1 is 1.32 bits per heavy atom. The average Bonchev–Trinajstić information content (AvgIpc) is 2.96. The lowest BCUT2D eigenvalue weighted by Gasteiger charge is -2.39. The fourth-order valence-corrected chi connectivity index (χ4v) is 4.52. The number of carbonyl (C=O) groups is 2. The highest BCUT2D eigenvalue weighted by Crippen LogP contribution is 2.39. The Labute approximate surface area is 189 Å². The molecule has 0 aromatic heterocycles. The number of methoxy groups -OCH3 is 1. The zero-order chi connectivity index (χ0) is 22.8. The topological polar surface area (TPSA) is 67.9 Å². The van der Waals surface area contributed by atoms with Crippen molar-refractivity contribution in [3.05, 3.63) is 59.7 Å². The highest BCUT2D eigenvalue weighted by molar-refractivity contribution is 6.30. The predicted molar refractivity (Wildman–Crippen MR) is 121 cm³/mol. The number of benzene rings is 1. The lowest BCUT2D eigenvalue weighted by molar-refractivity contribution is -0.149. The van der Waals surface area contributed by atoms with Crippen molar-refractivity contribution in [2.45, 2.75) is 57.0 Å². The maximum absolute atomic E-state index is 13.6. The first-order chi connectivity index (χ1) is 14.7. The van der Waals surface area contributed by atoms with E-state index in [1.54, 1.807) is 18.2 Å². The molecule has 5 atom stereocenters. The van der Waals surface area contributed by atoms with Gasteiger partial charge < -0.3 is 14.8 Å². The number of nitrogens with one attached hydrogen (secondary N) is 1. The smallest absolute Gasteiger partial charge is 0.313 e. The minimum Gasteiger partial charge on any atom is -0.469 e. The molecule has 2 aliphatic heterocycles. The SMILES string of the molecule is C=C[C@@H]1O[C@@H]2C=CCCN([C@@H](C(=O)NC(C)(C)C)c3ccc(Cl)cc3)[C@H]2[C@@H]1C(=O)OC. The number of carbonyl (C=O) groups excluding carboxylic acids is 2.